The predicted molar refractivity (Wildman–Crippen MR) is 84.6 cm³/mol. The van der Waals surface area contributed by atoms with Crippen LogP contribution in [-0.4, -0.2) is 26.4 Å². The van der Waals surface area contributed by atoms with E-state index in [1.807, 2.05) is 19.1 Å². The van der Waals surface area contributed by atoms with Crippen molar-refractivity contribution in [1.29, 1.82) is 0 Å². The molecular formula is C16H26ClNO2. The van der Waals surface area contributed by atoms with Crippen LogP contribution in [0.5, 0.6) is 5.75 Å². The second-order valence-electron chi connectivity index (χ2n) is 5.19. The minimum Gasteiger partial charge on any atom is -0.492 e. The Morgan fingerprint density at radius 3 is 2.70 bits per heavy atom. The van der Waals surface area contributed by atoms with Crippen molar-refractivity contribution in [3.8, 4) is 5.75 Å². The summed E-state index contributed by atoms with van der Waals surface area (Å²) < 4.78 is 10.9. The van der Waals surface area contributed by atoms with Gasteiger partial charge in [-0.3, -0.25) is 0 Å². The predicted octanol–water partition coefficient (Wildman–Crippen LogP) is 3.89. The van der Waals surface area contributed by atoms with Gasteiger partial charge in [0.05, 0.1) is 11.6 Å². The van der Waals surface area contributed by atoms with Crippen LogP contribution >= 0.6 is 11.6 Å². The molecule has 0 radical (unpaired) electrons. The fraction of sp³-hybridized carbons (Fsp3) is 0.625. The first-order valence-corrected chi connectivity index (χ1v) is 7.71. The quantitative estimate of drug-likeness (QED) is 0.665. The molecule has 114 valence electrons. The fourth-order valence-corrected chi connectivity index (χ4v) is 2.02. The van der Waals surface area contributed by atoms with E-state index < -0.39 is 0 Å². The summed E-state index contributed by atoms with van der Waals surface area (Å²) in [5.41, 5.74) is 1.18. The van der Waals surface area contributed by atoms with Crippen molar-refractivity contribution >= 4 is 11.6 Å². The average Bonchev–Trinajstić information content (AvgIpc) is 2.40. The number of benzene rings is 1. The molecule has 0 fully saturated rings. The molecule has 0 heterocycles. The van der Waals surface area contributed by atoms with Crippen LogP contribution in [0.15, 0.2) is 18.2 Å². The fourth-order valence-electron chi connectivity index (χ4n) is 1.76. The summed E-state index contributed by atoms with van der Waals surface area (Å²) in [5.74, 6) is 1.40. The Balaban J connectivity index is 2.35. The van der Waals surface area contributed by atoms with Crippen molar-refractivity contribution in [2.24, 2.45) is 5.92 Å². The first-order valence-electron chi connectivity index (χ1n) is 7.33. The summed E-state index contributed by atoms with van der Waals surface area (Å²) in [4.78, 5) is 0. The molecule has 0 atom stereocenters. The third-order valence-electron chi connectivity index (χ3n) is 2.77. The molecule has 0 aromatic heterocycles. The van der Waals surface area contributed by atoms with Gasteiger partial charge in [0.1, 0.15) is 5.75 Å². The normalized spacial score (nSPS) is 11.1. The number of nitrogens with one attached hydrogen (secondary N) is 1. The van der Waals surface area contributed by atoms with Crippen LogP contribution in [-0.2, 0) is 11.3 Å². The van der Waals surface area contributed by atoms with E-state index in [1.54, 1.807) is 0 Å². The van der Waals surface area contributed by atoms with Gasteiger partial charge in [-0.2, -0.15) is 0 Å². The number of ether oxygens (including phenoxy) is 2. The first-order chi connectivity index (χ1) is 9.63. The Hall–Kier alpha value is -0.770. The van der Waals surface area contributed by atoms with Crippen LogP contribution in [0, 0.1) is 5.92 Å². The highest BCUT2D eigenvalue weighted by atomic mass is 35.5. The van der Waals surface area contributed by atoms with Gasteiger partial charge < -0.3 is 14.8 Å². The standard InChI is InChI=1S/C16H26ClNO2/c1-4-19-8-5-9-20-16-7-6-14(10-15(16)17)12-18-11-13(2)3/h6-7,10,13,18H,4-5,8-9,11-12H2,1-3H3. The molecular weight excluding hydrogens is 274 g/mol. The number of halogens is 1. The summed E-state index contributed by atoms with van der Waals surface area (Å²) in [6.07, 6.45) is 0.877. The third kappa shape index (κ3) is 7.13. The topological polar surface area (TPSA) is 30.5 Å². The van der Waals surface area contributed by atoms with Gasteiger partial charge in [-0.1, -0.05) is 31.5 Å². The van der Waals surface area contributed by atoms with E-state index in [0.717, 1.165) is 38.5 Å². The van der Waals surface area contributed by atoms with Crippen LogP contribution in [0.25, 0.3) is 0 Å². The van der Waals surface area contributed by atoms with Gasteiger partial charge in [-0.25, -0.2) is 0 Å². The number of rotatable bonds is 10. The van der Waals surface area contributed by atoms with Gasteiger partial charge in [0.25, 0.3) is 0 Å². The summed E-state index contributed by atoms with van der Waals surface area (Å²) in [6.45, 7) is 10.3. The molecule has 0 aliphatic carbocycles. The van der Waals surface area contributed by atoms with Crippen molar-refractivity contribution in [1.82, 2.24) is 5.32 Å². The molecule has 0 amide bonds. The molecule has 1 rings (SSSR count). The Kier molecular flexibility index (Phi) is 8.67. The second-order valence-corrected chi connectivity index (χ2v) is 5.60. The van der Waals surface area contributed by atoms with Crippen molar-refractivity contribution in [3.63, 3.8) is 0 Å². The van der Waals surface area contributed by atoms with Crippen LogP contribution in [0.3, 0.4) is 0 Å². The van der Waals surface area contributed by atoms with E-state index in [0.29, 0.717) is 17.5 Å². The summed E-state index contributed by atoms with van der Waals surface area (Å²) in [7, 11) is 0. The molecule has 20 heavy (non-hydrogen) atoms. The molecule has 0 spiro atoms. The minimum atomic E-state index is 0.630. The van der Waals surface area contributed by atoms with Gasteiger partial charge in [-0.05, 0) is 37.1 Å². The van der Waals surface area contributed by atoms with E-state index in [4.69, 9.17) is 21.1 Å². The Bertz CT molecular complexity index is 383. The smallest absolute Gasteiger partial charge is 0.137 e. The SMILES string of the molecule is CCOCCCOc1ccc(CNCC(C)C)cc1Cl. The van der Waals surface area contributed by atoms with Gasteiger partial charge >= 0.3 is 0 Å². The molecule has 4 heteroatoms. The highest BCUT2D eigenvalue weighted by molar-refractivity contribution is 6.32. The van der Waals surface area contributed by atoms with E-state index >= 15 is 0 Å². The molecule has 1 aromatic carbocycles. The molecule has 0 saturated carbocycles. The third-order valence-corrected chi connectivity index (χ3v) is 3.07. The lowest BCUT2D eigenvalue weighted by molar-refractivity contribution is 0.131. The number of hydrogen-bond donors (Lipinski definition) is 1. The lowest BCUT2D eigenvalue weighted by Crippen LogP contribution is -2.18. The van der Waals surface area contributed by atoms with E-state index in [1.165, 1.54) is 5.56 Å². The van der Waals surface area contributed by atoms with Crippen molar-refractivity contribution in [2.45, 2.75) is 33.7 Å². The number of hydrogen-bond acceptors (Lipinski definition) is 3. The molecule has 0 bridgehead atoms. The maximum absolute atomic E-state index is 6.23. The van der Waals surface area contributed by atoms with Gasteiger partial charge in [0.2, 0.25) is 0 Å². The molecule has 0 aliphatic heterocycles. The lowest BCUT2D eigenvalue weighted by atomic mass is 10.2. The molecule has 1 N–H and O–H groups in total. The summed E-state index contributed by atoms with van der Waals surface area (Å²) in [6, 6.07) is 5.96. The largest absolute Gasteiger partial charge is 0.492 e. The van der Waals surface area contributed by atoms with E-state index in [-0.39, 0.29) is 0 Å². The van der Waals surface area contributed by atoms with E-state index in [9.17, 15) is 0 Å². The molecule has 0 saturated heterocycles. The van der Waals surface area contributed by atoms with Gasteiger partial charge in [0.15, 0.2) is 0 Å². The van der Waals surface area contributed by atoms with Crippen LogP contribution in [0.2, 0.25) is 5.02 Å². The molecule has 3 nitrogen and oxygen atoms in total. The molecule has 0 aliphatic rings. The van der Waals surface area contributed by atoms with Gasteiger partial charge in [-0.15, -0.1) is 0 Å². The zero-order chi connectivity index (χ0) is 14.8. The minimum absolute atomic E-state index is 0.630. The van der Waals surface area contributed by atoms with E-state index in [2.05, 4.69) is 25.2 Å². The summed E-state index contributed by atoms with van der Waals surface area (Å²) >= 11 is 6.23. The van der Waals surface area contributed by atoms with Crippen molar-refractivity contribution < 1.29 is 9.47 Å². The Labute approximate surface area is 127 Å². The van der Waals surface area contributed by atoms with Gasteiger partial charge in [0, 0.05) is 26.2 Å². The maximum atomic E-state index is 6.23. The van der Waals surface area contributed by atoms with Crippen LogP contribution in [0.1, 0.15) is 32.8 Å². The highest BCUT2D eigenvalue weighted by Gasteiger charge is 2.03. The summed E-state index contributed by atoms with van der Waals surface area (Å²) in [5, 5.41) is 4.07. The monoisotopic (exact) mass is 299 g/mol. The van der Waals surface area contributed by atoms with Crippen LogP contribution < -0.4 is 10.1 Å². The first kappa shape index (κ1) is 17.3. The van der Waals surface area contributed by atoms with Crippen LogP contribution in [0.4, 0.5) is 0 Å². The van der Waals surface area contributed by atoms with Crippen molar-refractivity contribution in [2.75, 3.05) is 26.4 Å². The zero-order valence-corrected chi connectivity index (χ0v) is 13.5. The molecule has 1 aromatic rings. The maximum Gasteiger partial charge on any atom is 0.137 e. The Morgan fingerprint density at radius 1 is 1.25 bits per heavy atom. The zero-order valence-electron chi connectivity index (χ0n) is 12.7. The Morgan fingerprint density at radius 2 is 2.05 bits per heavy atom. The molecule has 0 unspecified atom stereocenters. The second kappa shape index (κ2) is 10.0. The van der Waals surface area contributed by atoms with Crippen molar-refractivity contribution in [3.05, 3.63) is 28.8 Å². The lowest BCUT2D eigenvalue weighted by Gasteiger charge is -2.11. The average molecular weight is 300 g/mol. The highest BCUT2D eigenvalue weighted by Crippen LogP contribution is 2.25.